The van der Waals surface area contributed by atoms with E-state index in [4.69, 9.17) is 0 Å². The number of benzene rings is 1. The van der Waals surface area contributed by atoms with Crippen LogP contribution in [0, 0.1) is 10.1 Å². The molecule has 2 aromatic rings. The van der Waals surface area contributed by atoms with Gasteiger partial charge in [0.1, 0.15) is 0 Å². The third-order valence-corrected chi connectivity index (χ3v) is 4.03. The van der Waals surface area contributed by atoms with Crippen LogP contribution in [-0.4, -0.2) is 29.6 Å². The molecule has 3 rings (SSSR count). The van der Waals surface area contributed by atoms with Crippen molar-refractivity contribution < 1.29 is 4.92 Å². The van der Waals surface area contributed by atoms with Gasteiger partial charge in [-0.15, -0.1) is 5.10 Å². The second-order valence-corrected chi connectivity index (χ2v) is 4.94. The van der Waals surface area contributed by atoms with Crippen LogP contribution in [0.4, 0.5) is 5.69 Å². The van der Waals surface area contributed by atoms with E-state index >= 15 is 0 Å². The first-order valence-corrected chi connectivity index (χ1v) is 6.85. The van der Waals surface area contributed by atoms with Crippen LogP contribution in [0.3, 0.4) is 0 Å². The van der Waals surface area contributed by atoms with Crippen LogP contribution >= 0.6 is 22.6 Å². The van der Waals surface area contributed by atoms with E-state index in [2.05, 4.69) is 38.1 Å². The Morgan fingerprint density at radius 3 is 3.11 bits per heavy atom. The summed E-state index contributed by atoms with van der Waals surface area (Å²) >= 11 is 2.29. The summed E-state index contributed by atoms with van der Waals surface area (Å²) < 4.78 is 2.64. The largest absolute Gasteiger partial charge is 0.270 e. The van der Waals surface area contributed by atoms with Crippen molar-refractivity contribution in [1.82, 2.24) is 20.2 Å². The van der Waals surface area contributed by atoms with Gasteiger partial charge in [-0.05, 0) is 22.4 Å². The average molecular weight is 357 g/mol. The molecular formula is C10H8IN5O2. The lowest BCUT2D eigenvalue weighted by molar-refractivity contribution is -0.384. The molecule has 1 atom stereocenters. The zero-order chi connectivity index (χ0) is 12.7. The molecule has 8 heteroatoms. The van der Waals surface area contributed by atoms with Gasteiger partial charge in [0.05, 0.1) is 11.0 Å². The highest BCUT2D eigenvalue weighted by atomic mass is 127. The Balaban J connectivity index is 2.18. The van der Waals surface area contributed by atoms with E-state index < -0.39 is 4.92 Å². The molecule has 92 valence electrons. The fourth-order valence-electron chi connectivity index (χ4n) is 2.14. The molecular weight excluding hydrogens is 349 g/mol. The first kappa shape index (κ1) is 11.5. The molecule has 0 radical (unpaired) electrons. The highest BCUT2D eigenvalue weighted by Crippen LogP contribution is 2.34. The number of alkyl halides is 1. The van der Waals surface area contributed by atoms with E-state index in [0.29, 0.717) is 5.82 Å². The van der Waals surface area contributed by atoms with Crippen molar-refractivity contribution in [2.75, 3.05) is 4.43 Å². The van der Waals surface area contributed by atoms with E-state index in [1.165, 1.54) is 6.07 Å². The van der Waals surface area contributed by atoms with Gasteiger partial charge in [0, 0.05) is 22.1 Å². The average Bonchev–Trinajstić information content (AvgIpc) is 2.86. The van der Waals surface area contributed by atoms with Crippen LogP contribution in [-0.2, 0) is 6.42 Å². The highest BCUT2D eigenvalue weighted by Gasteiger charge is 2.27. The summed E-state index contributed by atoms with van der Waals surface area (Å²) in [7, 11) is 0. The number of halogens is 1. The monoisotopic (exact) mass is 357 g/mol. The zero-order valence-electron chi connectivity index (χ0n) is 9.15. The lowest BCUT2D eigenvalue weighted by Gasteiger charge is -2.22. The number of nitro benzene ring substituents is 1. The fraction of sp³-hybridized carbons (Fsp3) is 0.300. The molecule has 0 amide bonds. The predicted octanol–water partition coefficient (Wildman–Crippen LogP) is 1.78. The van der Waals surface area contributed by atoms with Gasteiger partial charge in [0.15, 0.2) is 5.82 Å². The third kappa shape index (κ3) is 1.67. The van der Waals surface area contributed by atoms with Crippen LogP contribution in [0.15, 0.2) is 18.2 Å². The Morgan fingerprint density at radius 2 is 2.39 bits per heavy atom. The summed E-state index contributed by atoms with van der Waals surface area (Å²) in [5.74, 6) is 0.613. The first-order chi connectivity index (χ1) is 8.70. The van der Waals surface area contributed by atoms with Crippen molar-refractivity contribution in [1.29, 1.82) is 0 Å². The van der Waals surface area contributed by atoms with Gasteiger partial charge in [0.25, 0.3) is 5.69 Å². The second-order valence-electron chi connectivity index (χ2n) is 4.06. The molecule has 0 N–H and O–H groups in total. The van der Waals surface area contributed by atoms with Crippen LogP contribution in [0.2, 0.25) is 0 Å². The summed E-state index contributed by atoms with van der Waals surface area (Å²) in [4.78, 5) is 10.4. The maximum atomic E-state index is 10.8. The molecule has 0 saturated carbocycles. The van der Waals surface area contributed by atoms with Crippen molar-refractivity contribution in [3.63, 3.8) is 0 Å². The third-order valence-electron chi connectivity index (χ3n) is 3.02. The van der Waals surface area contributed by atoms with Crippen molar-refractivity contribution >= 4 is 28.3 Å². The molecule has 1 aromatic heterocycles. The van der Waals surface area contributed by atoms with Crippen molar-refractivity contribution in [3.8, 4) is 11.4 Å². The summed E-state index contributed by atoms with van der Waals surface area (Å²) in [5, 5.41) is 22.4. The minimum absolute atomic E-state index is 0.0659. The molecule has 7 nitrogen and oxygen atoms in total. The van der Waals surface area contributed by atoms with Crippen LogP contribution < -0.4 is 0 Å². The Kier molecular flexibility index (Phi) is 2.73. The highest BCUT2D eigenvalue weighted by molar-refractivity contribution is 14.1. The smallest absolute Gasteiger partial charge is 0.258 e. The number of tetrazole rings is 1. The van der Waals surface area contributed by atoms with E-state index in [9.17, 15) is 10.1 Å². The van der Waals surface area contributed by atoms with E-state index in [1.54, 1.807) is 16.8 Å². The van der Waals surface area contributed by atoms with Crippen LogP contribution in [0.1, 0.15) is 11.6 Å². The minimum atomic E-state index is -0.404. The molecule has 1 aliphatic rings. The Labute approximate surface area is 115 Å². The Morgan fingerprint density at radius 1 is 1.56 bits per heavy atom. The molecule has 1 aromatic carbocycles. The van der Waals surface area contributed by atoms with Gasteiger partial charge < -0.3 is 0 Å². The molecule has 2 heterocycles. The van der Waals surface area contributed by atoms with Crippen molar-refractivity contribution in [3.05, 3.63) is 33.9 Å². The molecule has 0 fully saturated rings. The molecule has 0 bridgehead atoms. The van der Waals surface area contributed by atoms with E-state index in [0.717, 1.165) is 22.0 Å². The summed E-state index contributed by atoms with van der Waals surface area (Å²) in [6, 6.07) is 5.08. The summed E-state index contributed by atoms with van der Waals surface area (Å²) in [6.45, 7) is 0. The molecule has 1 unspecified atom stereocenters. The second kappa shape index (κ2) is 4.26. The quantitative estimate of drug-likeness (QED) is 0.354. The van der Waals surface area contributed by atoms with Gasteiger partial charge in [-0.1, -0.05) is 28.7 Å². The Hall–Kier alpha value is -1.58. The van der Waals surface area contributed by atoms with Gasteiger partial charge in [-0.3, -0.25) is 10.1 Å². The lowest BCUT2D eigenvalue weighted by Crippen LogP contribution is -2.21. The SMILES string of the molecule is O=[N+]([O-])c1ccc2c(c1)-c1nnnn1C(CI)C2. The fourth-order valence-corrected chi connectivity index (χ4v) is 2.83. The lowest BCUT2D eigenvalue weighted by atomic mass is 9.96. The molecule has 18 heavy (non-hydrogen) atoms. The van der Waals surface area contributed by atoms with E-state index in [1.807, 2.05) is 0 Å². The number of non-ortho nitro benzene ring substituents is 1. The molecule has 0 spiro atoms. The van der Waals surface area contributed by atoms with Gasteiger partial charge in [-0.2, -0.15) is 0 Å². The minimum Gasteiger partial charge on any atom is -0.258 e. The summed E-state index contributed by atoms with van der Waals surface area (Å²) in [5.41, 5.74) is 1.89. The number of hydrogen-bond donors (Lipinski definition) is 0. The number of rotatable bonds is 2. The molecule has 0 aliphatic carbocycles. The summed E-state index contributed by atoms with van der Waals surface area (Å²) in [6.07, 6.45) is 0.800. The van der Waals surface area contributed by atoms with Crippen molar-refractivity contribution in [2.45, 2.75) is 12.5 Å². The number of nitrogens with zero attached hydrogens (tertiary/aromatic N) is 5. The Bertz CT molecular complexity index is 626. The topological polar surface area (TPSA) is 86.7 Å². The molecule has 1 aliphatic heterocycles. The number of nitro groups is 1. The van der Waals surface area contributed by atoms with Crippen molar-refractivity contribution in [2.24, 2.45) is 0 Å². The predicted molar refractivity (Wildman–Crippen MR) is 71.5 cm³/mol. The zero-order valence-corrected chi connectivity index (χ0v) is 11.3. The number of aromatic nitrogens is 4. The number of hydrogen-bond acceptors (Lipinski definition) is 5. The van der Waals surface area contributed by atoms with Gasteiger partial charge in [0.2, 0.25) is 0 Å². The normalized spacial score (nSPS) is 17.1. The van der Waals surface area contributed by atoms with Crippen LogP contribution in [0.25, 0.3) is 11.4 Å². The van der Waals surface area contributed by atoms with E-state index in [-0.39, 0.29) is 11.7 Å². The maximum Gasteiger partial charge on any atom is 0.270 e. The standard InChI is InChI=1S/C10H8IN5O2/c11-5-8-3-6-1-2-7(16(17)18)4-9(6)10-12-13-14-15(8)10/h1-2,4,8H,3,5H2. The first-order valence-electron chi connectivity index (χ1n) is 5.32. The van der Waals surface area contributed by atoms with Gasteiger partial charge >= 0.3 is 0 Å². The number of fused-ring (bicyclic) bond motifs is 3. The maximum absolute atomic E-state index is 10.8. The van der Waals surface area contributed by atoms with Crippen LogP contribution in [0.5, 0.6) is 0 Å². The van der Waals surface area contributed by atoms with Gasteiger partial charge in [-0.25, -0.2) is 4.68 Å². The molecule has 0 saturated heterocycles.